The molecule has 1 heterocycles. The van der Waals surface area contributed by atoms with E-state index in [4.69, 9.17) is 4.74 Å². The number of carbonyl (C=O) groups is 1. The molecule has 0 atom stereocenters. The van der Waals surface area contributed by atoms with Crippen LogP contribution in [-0.4, -0.2) is 16.3 Å². The Kier molecular flexibility index (Phi) is 4.95. The van der Waals surface area contributed by atoms with E-state index < -0.39 is 29.1 Å². The number of fused-ring (bicyclic) bond motifs is 1. The molecule has 4 rings (SSSR count). The summed E-state index contributed by atoms with van der Waals surface area (Å²) in [5.74, 6) is -1.96. The van der Waals surface area contributed by atoms with Crippen molar-refractivity contribution in [3.05, 3.63) is 59.4 Å². The first-order valence-electron chi connectivity index (χ1n) is 10.4. The molecule has 31 heavy (non-hydrogen) atoms. The summed E-state index contributed by atoms with van der Waals surface area (Å²) >= 11 is 0. The zero-order valence-electron chi connectivity index (χ0n) is 18.4. The highest BCUT2D eigenvalue weighted by atomic mass is 19.1. The lowest BCUT2D eigenvalue weighted by Crippen LogP contribution is -2.30. The Bertz CT molecular complexity index is 1160. The van der Waals surface area contributed by atoms with Crippen LogP contribution in [0.25, 0.3) is 22.2 Å². The van der Waals surface area contributed by atoms with Gasteiger partial charge in [-0.3, -0.25) is 0 Å². The van der Waals surface area contributed by atoms with Gasteiger partial charge >= 0.3 is 6.09 Å². The van der Waals surface area contributed by atoms with Crippen molar-refractivity contribution >= 4 is 17.0 Å². The third kappa shape index (κ3) is 3.95. The minimum absolute atomic E-state index is 0.0161. The van der Waals surface area contributed by atoms with Crippen molar-refractivity contribution in [2.24, 2.45) is 5.41 Å². The lowest BCUT2D eigenvalue weighted by atomic mass is 9.61. The number of hydrogen-bond donors (Lipinski definition) is 0. The topological polar surface area (TPSA) is 31.2 Å². The number of benzene rings is 2. The van der Waals surface area contributed by atoms with Gasteiger partial charge in [0, 0.05) is 11.5 Å². The fraction of sp³-hybridized carbons (Fsp3) is 0.400. The summed E-state index contributed by atoms with van der Waals surface area (Å²) in [5, 5.41) is 0.350. The molecule has 1 aromatic heterocycles. The van der Waals surface area contributed by atoms with Crippen LogP contribution in [0.5, 0.6) is 0 Å². The third-order valence-corrected chi connectivity index (χ3v) is 5.72. The van der Waals surface area contributed by atoms with E-state index in [-0.39, 0.29) is 16.8 Å². The van der Waals surface area contributed by atoms with Gasteiger partial charge in [-0.05, 0) is 86.4 Å². The van der Waals surface area contributed by atoms with Crippen LogP contribution in [0.2, 0.25) is 0 Å². The van der Waals surface area contributed by atoms with Gasteiger partial charge in [-0.1, -0.05) is 13.8 Å². The van der Waals surface area contributed by atoms with Gasteiger partial charge in [-0.25, -0.2) is 22.5 Å². The molecular weight excluding hydrogens is 403 g/mol. The van der Waals surface area contributed by atoms with Crippen LogP contribution >= 0.6 is 0 Å². The molecule has 6 heteroatoms. The summed E-state index contributed by atoms with van der Waals surface area (Å²) < 4.78 is 49.7. The van der Waals surface area contributed by atoms with Gasteiger partial charge in [0.2, 0.25) is 0 Å². The number of ether oxygens (including phenoxy) is 1. The van der Waals surface area contributed by atoms with Gasteiger partial charge in [-0.15, -0.1) is 0 Å². The van der Waals surface area contributed by atoms with Crippen molar-refractivity contribution in [1.29, 1.82) is 0 Å². The lowest BCUT2D eigenvalue weighted by Gasteiger charge is -2.43. The Morgan fingerprint density at radius 2 is 1.65 bits per heavy atom. The Morgan fingerprint density at radius 1 is 1.03 bits per heavy atom. The fourth-order valence-corrected chi connectivity index (χ4v) is 4.63. The van der Waals surface area contributed by atoms with Crippen molar-refractivity contribution in [3.63, 3.8) is 0 Å². The molecule has 1 aliphatic carbocycles. The molecule has 2 aromatic carbocycles. The smallest absolute Gasteiger partial charge is 0.419 e. The normalized spacial score (nSPS) is 16.4. The predicted octanol–water partition coefficient (Wildman–Crippen LogP) is 7.41. The van der Waals surface area contributed by atoms with Gasteiger partial charge in [-0.2, -0.15) is 0 Å². The zero-order valence-corrected chi connectivity index (χ0v) is 18.4. The maximum atomic E-state index is 15.1. The predicted molar refractivity (Wildman–Crippen MR) is 115 cm³/mol. The van der Waals surface area contributed by atoms with Gasteiger partial charge in [0.25, 0.3) is 0 Å². The average Bonchev–Trinajstić information content (AvgIpc) is 2.93. The highest BCUT2D eigenvalue weighted by molar-refractivity contribution is 6.00. The minimum Gasteiger partial charge on any atom is -0.443 e. The van der Waals surface area contributed by atoms with E-state index in [1.165, 1.54) is 22.8 Å². The third-order valence-electron chi connectivity index (χ3n) is 5.72. The van der Waals surface area contributed by atoms with Crippen LogP contribution in [0.15, 0.2) is 36.4 Å². The van der Waals surface area contributed by atoms with E-state index in [1.54, 1.807) is 32.9 Å². The molecule has 0 saturated heterocycles. The maximum absolute atomic E-state index is 15.1. The Morgan fingerprint density at radius 3 is 2.19 bits per heavy atom. The van der Waals surface area contributed by atoms with Crippen molar-refractivity contribution in [3.8, 4) is 11.3 Å². The van der Waals surface area contributed by atoms with E-state index in [1.807, 2.05) is 0 Å². The molecule has 0 amide bonds. The van der Waals surface area contributed by atoms with Crippen molar-refractivity contribution < 1.29 is 22.7 Å². The number of halogens is 3. The number of carbonyl (C=O) groups excluding carboxylic acids is 1. The molecule has 0 radical (unpaired) electrons. The first-order valence-corrected chi connectivity index (χ1v) is 10.4. The molecule has 0 bridgehead atoms. The summed E-state index contributed by atoms with van der Waals surface area (Å²) in [6.07, 6.45) is 0.867. The summed E-state index contributed by atoms with van der Waals surface area (Å²) in [7, 11) is 0. The molecule has 0 aliphatic heterocycles. The van der Waals surface area contributed by atoms with E-state index in [2.05, 4.69) is 13.8 Å². The van der Waals surface area contributed by atoms with Crippen molar-refractivity contribution in [2.75, 3.05) is 0 Å². The van der Waals surface area contributed by atoms with Gasteiger partial charge in [0.05, 0.1) is 11.2 Å². The molecule has 164 valence electrons. The molecule has 1 fully saturated rings. The second-order valence-electron chi connectivity index (χ2n) is 10.1. The Balaban J connectivity index is 2.06. The molecule has 1 saturated carbocycles. The van der Waals surface area contributed by atoms with Crippen molar-refractivity contribution in [1.82, 2.24) is 4.57 Å². The van der Waals surface area contributed by atoms with E-state index >= 15 is 4.39 Å². The number of aromatic nitrogens is 1. The van der Waals surface area contributed by atoms with Gasteiger partial charge in [0.15, 0.2) is 5.82 Å². The lowest BCUT2D eigenvalue weighted by molar-refractivity contribution is 0.0545. The van der Waals surface area contributed by atoms with E-state index in [9.17, 15) is 13.6 Å². The van der Waals surface area contributed by atoms with Crippen molar-refractivity contribution in [2.45, 2.75) is 59.0 Å². The van der Waals surface area contributed by atoms with Crippen LogP contribution < -0.4 is 0 Å². The van der Waals surface area contributed by atoms with Crippen LogP contribution in [-0.2, 0) is 4.74 Å². The number of hydrogen-bond acceptors (Lipinski definition) is 2. The fourth-order valence-electron chi connectivity index (χ4n) is 4.63. The number of rotatable bonds is 2. The molecule has 1 aliphatic rings. The zero-order chi connectivity index (χ0) is 22.7. The molecular formula is C25H26F3NO2. The Hall–Kier alpha value is -2.76. The largest absolute Gasteiger partial charge is 0.443 e. The Labute approximate surface area is 179 Å². The second-order valence-corrected chi connectivity index (χ2v) is 10.1. The SMILES string of the molecule is CC1(C)CC(c2c(-c3ccc(F)cc3)n(C(=O)OC(C)(C)C)c3c(F)cc(F)cc23)C1. The first kappa shape index (κ1) is 21.5. The van der Waals surface area contributed by atoms with E-state index in [0.29, 0.717) is 22.2 Å². The average molecular weight is 429 g/mol. The summed E-state index contributed by atoms with van der Waals surface area (Å²) in [6.45, 7) is 9.43. The van der Waals surface area contributed by atoms with Crippen LogP contribution in [0, 0.1) is 22.9 Å². The first-order chi connectivity index (χ1) is 14.4. The maximum Gasteiger partial charge on any atom is 0.419 e. The van der Waals surface area contributed by atoms with Gasteiger partial charge in [0.1, 0.15) is 17.2 Å². The highest BCUT2D eigenvalue weighted by Crippen LogP contribution is 2.55. The highest BCUT2D eigenvalue weighted by Gasteiger charge is 2.41. The standard InChI is InChI=1S/C25H26F3NO2/c1-24(2,3)31-23(30)29-21(14-6-8-16(26)9-7-14)20(15-12-25(4,5)13-15)18-10-17(27)11-19(28)22(18)29/h6-11,15H,12-13H2,1-5H3. The van der Waals surface area contributed by atoms with Crippen LogP contribution in [0.1, 0.15) is 58.9 Å². The number of nitrogens with zero attached hydrogens (tertiary/aromatic N) is 1. The van der Waals surface area contributed by atoms with E-state index in [0.717, 1.165) is 18.9 Å². The summed E-state index contributed by atoms with van der Waals surface area (Å²) in [5.41, 5.74) is 0.928. The summed E-state index contributed by atoms with van der Waals surface area (Å²) in [6, 6.07) is 7.72. The summed E-state index contributed by atoms with van der Waals surface area (Å²) in [4.78, 5) is 13.2. The van der Waals surface area contributed by atoms with Crippen LogP contribution in [0.3, 0.4) is 0 Å². The van der Waals surface area contributed by atoms with Gasteiger partial charge < -0.3 is 4.74 Å². The second kappa shape index (κ2) is 7.14. The minimum atomic E-state index is -0.839. The molecule has 0 spiro atoms. The molecule has 0 unspecified atom stereocenters. The molecule has 3 nitrogen and oxygen atoms in total. The monoisotopic (exact) mass is 429 g/mol. The molecule has 0 N–H and O–H groups in total. The van der Waals surface area contributed by atoms with Crippen LogP contribution in [0.4, 0.5) is 18.0 Å². The quantitative estimate of drug-likeness (QED) is 0.425. The molecule has 3 aromatic rings.